The second kappa shape index (κ2) is 8.91. The van der Waals surface area contributed by atoms with E-state index in [1.54, 1.807) is 37.3 Å². The standard InChI is InChI=1S/C26H19F3N4O5/c1-14-7-3-6-10-20(14)33-21(34)16-8-4-5-9-17(16)25(33,38-22(35)26(27,28)29)15-11-12-18-19(13-15)31-23(30-18)32-24(36)37-2/h3-13H,1-2H3,(H2,30,31,32,36). The van der Waals surface area contributed by atoms with Crippen LogP contribution >= 0.6 is 0 Å². The van der Waals surface area contributed by atoms with Crippen LogP contribution in [-0.2, 0) is 20.0 Å². The van der Waals surface area contributed by atoms with Gasteiger partial charge < -0.3 is 14.5 Å². The molecule has 0 aliphatic carbocycles. The molecule has 0 radical (unpaired) electrons. The van der Waals surface area contributed by atoms with E-state index in [1.807, 2.05) is 0 Å². The second-order valence-electron chi connectivity index (χ2n) is 8.44. The molecule has 1 aliphatic rings. The van der Waals surface area contributed by atoms with Gasteiger partial charge in [-0.15, -0.1) is 0 Å². The van der Waals surface area contributed by atoms with Crippen molar-refractivity contribution in [2.75, 3.05) is 17.3 Å². The number of halogens is 3. The summed E-state index contributed by atoms with van der Waals surface area (Å²) in [6.07, 6.45) is -6.14. The number of amides is 2. The summed E-state index contributed by atoms with van der Waals surface area (Å²) in [6, 6.07) is 16.9. The number of aromatic amines is 1. The molecule has 9 nitrogen and oxygen atoms in total. The molecule has 2 N–H and O–H groups in total. The lowest BCUT2D eigenvalue weighted by Crippen LogP contribution is -2.50. The maximum absolute atomic E-state index is 13.8. The van der Waals surface area contributed by atoms with Crippen LogP contribution in [0.3, 0.4) is 0 Å². The molecule has 12 heteroatoms. The van der Waals surface area contributed by atoms with E-state index in [1.165, 1.54) is 43.5 Å². The Balaban J connectivity index is 1.79. The molecule has 0 saturated carbocycles. The quantitative estimate of drug-likeness (QED) is 0.363. The van der Waals surface area contributed by atoms with Gasteiger partial charge in [0.25, 0.3) is 5.91 Å². The van der Waals surface area contributed by atoms with Gasteiger partial charge in [-0.05, 0) is 36.8 Å². The van der Waals surface area contributed by atoms with Gasteiger partial charge in [0, 0.05) is 16.7 Å². The molecular formula is C26H19F3N4O5. The van der Waals surface area contributed by atoms with Gasteiger partial charge in [0.2, 0.25) is 11.7 Å². The molecule has 0 fully saturated rings. The third-order valence-corrected chi connectivity index (χ3v) is 6.15. The van der Waals surface area contributed by atoms with Crippen molar-refractivity contribution in [3.05, 3.63) is 89.0 Å². The van der Waals surface area contributed by atoms with E-state index in [9.17, 15) is 27.6 Å². The monoisotopic (exact) mass is 524 g/mol. The summed E-state index contributed by atoms with van der Waals surface area (Å²) in [5, 5.41) is 2.37. The molecular weight excluding hydrogens is 505 g/mol. The molecule has 2 amide bonds. The summed E-state index contributed by atoms with van der Waals surface area (Å²) in [7, 11) is 1.17. The first-order chi connectivity index (χ1) is 18.1. The average molecular weight is 524 g/mol. The molecule has 0 spiro atoms. The zero-order valence-corrected chi connectivity index (χ0v) is 19.9. The van der Waals surface area contributed by atoms with E-state index in [0.29, 0.717) is 11.1 Å². The number of nitrogens with zero attached hydrogens (tertiary/aromatic N) is 2. The van der Waals surface area contributed by atoms with Crippen molar-refractivity contribution in [2.45, 2.75) is 18.8 Å². The Kier molecular flexibility index (Phi) is 5.81. The number of methoxy groups -OCH3 is 1. The van der Waals surface area contributed by atoms with Crippen molar-refractivity contribution in [2.24, 2.45) is 0 Å². The second-order valence-corrected chi connectivity index (χ2v) is 8.44. The number of fused-ring (bicyclic) bond motifs is 2. The molecule has 0 bridgehead atoms. The molecule has 5 rings (SSSR count). The van der Waals surface area contributed by atoms with Crippen molar-refractivity contribution >= 4 is 40.6 Å². The number of rotatable bonds is 4. The Bertz CT molecular complexity index is 1600. The number of H-pyrrole nitrogens is 1. The molecule has 3 aromatic carbocycles. The predicted octanol–water partition coefficient (Wildman–Crippen LogP) is 5.02. The van der Waals surface area contributed by atoms with Gasteiger partial charge in [-0.2, -0.15) is 13.2 Å². The number of aromatic nitrogens is 2. The highest BCUT2D eigenvalue weighted by Crippen LogP contribution is 2.49. The van der Waals surface area contributed by atoms with Crippen LogP contribution in [-0.4, -0.2) is 41.2 Å². The number of hydrogen-bond donors (Lipinski definition) is 2. The van der Waals surface area contributed by atoms with E-state index >= 15 is 0 Å². The number of aryl methyl sites for hydroxylation is 1. The lowest BCUT2D eigenvalue weighted by molar-refractivity contribution is -0.211. The molecule has 4 aromatic rings. The summed E-state index contributed by atoms with van der Waals surface area (Å²) >= 11 is 0. The Morgan fingerprint density at radius 3 is 2.47 bits per heavy atom. The van der Waals surface area contributed by atoms with Crippen molar-refractivity contribution < 1.29 is 37.0 Å². The molecule has 194 valence electrons. The Morgan fingerprint density at radius 2 is 1.76 bits per heavy atom. The van der Waals surface area contributed by atoms with Gasteiger partial charge in [0.1, 0.15) is 0 Å². The van der Waals surface area contributed by atoms with Gasteiger partial charge in [-0.25, -0.2) is 14.6 Å². The van der Waals surface area contributed by atoms with E-state index in [0.717, 1.165) is 4.90 Å². The molecule has 38 heavy (non-hydrogen) atoms. The predicted molar refractivity (Wildman–Crippen MR) is 129 cm³/mol. The van der Waals surface area contributed by atoms with Crippen LogP contribution in [0, 0.1) is 6.92 Å². The van der Waals surface area contributed by atoms with E-state index in [4.69, 9.17) is 4.74 Å². The van der Waals surface area contributed by atoms with Gasteiger partial charge in [0.15, 0.2) is 0 Å². The highest BCUT2D eigenvalue weighted by atomic mass is 19.4. The fourth-order valence-electron chi connectivity index (χ4n) is 4.51. The summed E-state index contributed by atoms with van der Waals surface area (Å²) in [6.45, 7) is 1.69. The summed E-state index contributed by atoms with van der Waals surface area (Å²) in [5.74, 6) is -3.11. The lowest BCUT2D eigenvalue weighted by Gasteiger charge is -2.39. The fourth-order valence-corrected chi connectivity index (χ4v) is 4.51. The maximum Gasteiger partial charge on any atom is 0.491 e. The van der Waals surface area contributed by atoms with E-state index < -0.39 is 29.9 Å². The minimum absolute atomic E-state index is 0.0176. The van der Waals surface area contributed by atoms with Crippen LogP contribution in [0.15, 0.2) is 66.7 Å². The maximum atomic E-state index is 13.8. The van der Waals surface area contributed by atoms with Crippen LogP contribution < -0.4 is 10.2 Å². The fraction of sp³-hybridized carbons (Fsp3) is 0.154. The van der Waals surface area contributed by atoms with Gasteiger partial charge in [0.05, 0.1) is 23.8 Å². The highest BCUT2D eigenvalue weighted by Gasteiger charge is 2.58. The molecule has 2 heterocycles. The minimum atomic E-state index is -5.35. The minimum Gasteiger partial charge on any atom is -0.453 e. The first kappa shape index (κ1) is 24.8. The summed E-state index contributed by atoms with van der Waals surface area (Å²) < 4.78 is 50.8. The molecule has 0 saturated heterocycles. The molecule has 1 unspecified atom stereocenters. The van der Waals surface area contributed by atoms with Crippen LogP contribution in [0.2, 0.25) is 0 Å². The van der Waals surface area contributed by atoms with Crippen molar-refractivity contribution in [1.29, 1.82) is 0 Å². The lowest BCUT2D eigenvalue weighted by atomic mass is 9.92. The third-order valence-electron chi connectivity index (χ3n) is 6.15. The highest BCUT2D eigenvalue weighted by molar-refractivity contribution is 6.13. The zero-order valence-electron chi connectivity index (χ0n) is 19.9. The van der Waals surface area contributed by atoms with Crippen LogP contribution in [0.1, 0.15) is 27.0 Å². The number of hydrogen-bond acceptors (Lipinski definition) is 6. The number of alkyl halides is 3. The number of nitrogens with one attached hydrogen (secondary N) is 2. The summed E-state index contributed by atoms with van der Waals surface area (Å²) in [5.41, 5.74) is -0.703. The van der Waals surface area contributed by atoms with Gasteiger partial charge >= 0.3 is 18.2 Å². The van der Waals surface area contributed by atoms with E-state index in [-0.39, 0.29) is 33.8 Å². The first-order valence-corrected chi connectivity index (χ1v) is 11.2. The number of benzene rings is 3. The van der Waals surface area contributed by atoms with Crippen molar-refractivity contribution in [1.82, 2.24) is 9.97 Å². The largest absolute Gasteiger partial charge is 0.491 e. The molecule has 1 atom stereocenters. The number of carbonyl (C=O) groups is 3. The normalized spacial score (nSPS) is 16.9. The van der Waals surface area contributed by atoms with Crippen LogP contribution in [0.25, 0.3) is 11.0 Å². The number of para-hydroxylation sites is 1. The zero-order chi connectivity index (χ0) is 27.2. The SMILES string of the molecule is COC(=O)Nc1nc2ccc(C3(OC(=O)C(F)(F)F)c4ccccc4C(=O)N3c3ccccc3C)cc2[nH]1. The Morgan fingerprint density at radius 1 is 1.05 bits per heavy atom. The third kappa shape index (κ3) is 3.90. The van der Waals surface area contributed by atoms with Gasteiger partial charge in [-0.1, -0.05) is 42.5 Å². The van der Waals surface area contributed by atoms with Crippen LogP contribution in [0.4, 0.5) is 29.6 Å². The first-order valence-electron chi connectivity index (χ1n) is 11.2. The number of esters is 1. The average Bonchev–Trinajstić information content (AvgIpc) is 3.40. The molecule has 1 aliphatic heterocycles. The van der Waals surface area contributed by atoms with Crippen molar-refractivity contribution in [3.8, 4) is 0 Å². The van der Waals surface area contributed by atoms with Crippen LogP contribution in [0.5, 0.6) is 0 Å². The topological polar surface area (TPSA) is 114 Å². The number of anilines is 2. The molecule has 1 aromatic heterocycles. The summed E-state index contributed by atoms with van der Waals surface area (Å²) in [4.78, 5) is 45.9. The van der Waals surface area contributed by atoms with Crippen molar-refractivity contribution in [3.63, 3.8) is 0 Å². The van der Waals surface area contributed by atoms with Gasteiger partial charge in [-0.3, -0.25) is 15.0 Å². The van der Waals surface area contributed by atoms with E-state index in [2.05, 4.69) is 20.0 Å². The smallest absolute Gasteiger partial charge is 0.453 e. The number of ether oxygens (including phenoxy) is 2. The number of carbonyl (C=O) groups excluding carboxylic acids is 3. The number of imidazole rings is 1. The Hall–Kier alpha value is -4.87. The Labute approximate surface area is 213 Å².